The zero-order valence-electron chi connectivity index (χ0n) is 22.2. The summed E-state index contributed by atoms with van der Waals surface area (Å²) >= 11 is 3.48. The number of hydrogen-bond donors (Lipinski definition) is 3. The Balaban J connectivity index is 0.000000482. The number of hydrazine groups is 1. The van der Waals surface area contributed by atoms with Crippen LogP contribution in [0.1, 0.15) is 47.4 Å². The van der Waals surface area contributed by atoms with Crippen LogP contribution in [0.2, 0.25) is 0 Å². The van der Waals surface area contributed by atoms with Gasteiger partial charge in [0.15, 0.2) is 5.82 Å². The number of nitriles is 1. The first-order valence-corrected chi connectivity index (χ1v) is 13.6. The van der Waals surface area contributed by atoms with Crippen LogP contribution >= 0.6 is 15.9 Å². The van der Waals surface area contributed by atoms with Gasteiger partial charge in [-0.3, -0.25) is 20.1 Å². The number of carboxylic acids is 2. The first-order valence-electron chi connectivity index (χ1n) is 12.8. The molecule has 40 heavy (non-hydrogen) atoms. The zero-order chi connectivity index (χ0) is 29.1. The summed E-state index contributed by atoms with van der Waals surface area (Å²) in [4.78, 5) is 45.3. The van der Waals surface area contributed by atoms with Gasteiger partial charge in [-0.1, -0.05) is 25.0 Å². The summed E-state index contributed by atoms with van der Waals surface area (Å²) in [7, 11) is 2.15. The van der Waals surface area contributed by atoms with Crippen LogP contribution in [0.3, 0.4) is 0 Å². The molecule has 0 atom stereocenters. The van der Waals surface area contributed by atoms with E-state index in [0.717, 1.165) is 58.4 Å². The highest BCUT2D eigenvalue weighted by Crippen LogP contribution is 2.30. The summed E-state index contributed by atoms with van der Waals surface area (Å²) in [6.45, 7) is 5.20. The number of likely N-dealkylation sites (N-methyl/N-ethyl adjacent to an activating group) is 1. The van der Waals surface area contributed by atoms with Crippen LogP contribution in [0.5, 0.6) is 0 Å². The van der Waals surface area contributed by atoms with Crippen molar-refractivity contribution >= 4 is 39.6 Å². The van der Waals surface area contributed by atoms with Crippen molar-refractivity contribution in [3.8, 4) is 6.07 Å². The van der Waals surface area contributed by atoms with Gasteiger partial charge in [0.2, 0.25) is 5.82 Å². The normalized spacial score (nSPS) is 16.1. The molecule has 1 saturated heterocycles. The van der Waals surface area contributed by atoms with Gasteiger partial charge in [-0.05, 0) is 53.5 Å². The Labute approximate surface area is 241 Å². The first-order chi connectivity index (χ1) is 19.2. The Morgan fingerprint density at radius 1 is 1.10 bits per heavy atom. The van der Waals surface area contributed by atoms with Gasteiger partial charge in [-0.15, -0.1) is 0 Å². The SMILES string of the molecule is CN1CCN(Cc2ccc(C(=O)NN(c3nc(C#N)ncc3Br)C3CCCC3)cc2)CC1.O=C(O)C=CC(=O)O. The molecule has 1 saturated carbocycles. The number of halogens is 1. The molecule has 1 aromatic carbocycles. The van der Waals surface area contributed by atoms with Crippen LogP contribution in [-0.2, 0) is 16.1 Å². The highest BCUT2D eigenvalue weighted by molar-refractivity contribution is 9.10. The molecule has 12 nitrogen and oxygen atoms in total. The summed E-state index contributed by atoms with van der Waals surface area (Å²) < 4.78 is 0.645. The molecule has 3 N–H and O–H groups in total. The number of amides is 1. The topological polar surface area (TPSA) is 163 Å². The van der Waals surface area contributed by atoms with E-state index < -0.39 is 11.9 Å². The zero-order valence-corrected chi connectivity index (χ0v) is 23.7. The van der Waals surface area contributed by atoms with E-state index in [1.165, 1.54) is 5.56 Å². The van der Waals surface area contributed by atoms with E-state index in [1.54, 1.807) is 11.2 Å². The number of nitrogens with zero attached hydrogens (tertiary/aromatic N) is 6. The number of carbonyl (C=O) groups is 3. The van der Waals surface area contributed by atoms with Crippen molar-refractivity contribution in [1.82, 2.24) is 25.2 Å². The minimum atomic E-state index is -1.26. The number of nitrogens with one attached hydrogen (secondary N) is 1. The van der Waals surface area contributed by atoms with Gasteiger partial charge in [-0.25, -0.2) is 14.6 Å². The molecule has 1 aromatic heterocycles. The van der Waals surface area contributed by atoms with Crippen molar-refractivity contribution in [2.75, 3.05) is 38.2 Å². The van der Waals surface area contributed by atoms with E-state index >= 15 is 0 Å². The van der Waals surface area contributed by atoms with Gasteiger partial charge >= 0.3 is 11.9 Å². The molecule has 13 heteroatoms. The van der Waals surface area contributed by atoms with E-state index in [9.17, 15) is 19.6 Å². The van der Waals surface area contributed by atoms with Crippen molar-refractivity contribution in [2.24, 2.45) is 0 Å². The maximum absolute atomic E-state index is 13.1. The lowest BCUT2D eigenvalue weighted by Crippen LogP contribution is -2.48. The van der Waals surface area contributed by atoms with E-state index in [4.69, 9.17) is 10.2 Å². The van der Waals surface area contributed by atoms with Crippen molar-refractivity contribution in [3.05, 3.63) is 64.0 Å². The molecule has 0 unspecified atom stereocenters. The third-order valence-electron chi connectivity index (χ3n) is 6.55. The maximum Gasteiger partial charge on any atom is 0.328 e. The summed E-state index contributed by atoms with van der Waals surface area (Å²) in [6.07, 6.45) is 6.80. The highest BCUT2D eigenvalue weighted by Gasteiger charge is 2.28. The third-order valence-corrected chi connectivity index (χ3v) is 7.11. The van der Waals surface area contributed by atoms with Gasteiger partial charge in [0.05, 0.1) is 10.5 Å². The second kappa shape index (κ2) is 15.1. The second-order valence-electron chi connectivity index (χ2n) is 9.51. The van der Waals surface area contributed by atoms with Gasteiger partial charge < -0.3 is 15.1 Å². The van der Waals surface area contributed by atoms with E-state index in [2.05, 4.69) is 48.2 Å². The summed E-state index contributed by atoms with van der Waals surface area (Å²) in [5.41, 5.74) is 4.84. The lowest BCUT2D eigenvalue weighted by Gasteiger charge is -2.32. The van der Waals surface area contributed by atoms with E-state index in [0.29, 0.717) is 28.0 Å². The molecule has 212 valence electrons. The van der Waals surface area contributed by atoms with Crippen LogP contribution in [0, 0.1) is 11.3 Å². The minimum Gasteiger partial charge on any atom is -0.478 e. The Morgan fingerprint density at radius 2 is 1.70 bits per heavy atom. The molecule has 2 heterocycles. The van der Waals surface area contributed by atoms with E-state index in [-0.39, 0.29) is 17.8 Å². The number of aromatic nitrogens is 2. The smallest absolute Gasteiger partial charge is 0.328 e. The molecule has 2 aromatic rings. The van der Waals surface area contributed by atoms with Crippen LogP contribution in [0.25, 0.3) is 0 Å². The number of rotatable bonds is 8. The summed E-state index contributed by atoms with van der Waals surface area (Å²) in [6, 6.07) is 9.93. The lowest BCUT2D eigenvalue weighted by atomic mass is 10.1. The molecule has 1 amide bonds. The quantitative estimate of drug-likeness (QED) is 0.296. The van der Waals surface area contributed by atoms with Crippen molar-refractivity contribution in [1.29, 1.82) is 5.26 Å². The maximum atomic E-state index is 13.1. The standard InChI is InChI=1S/C23H28BrN7O.C4H4O4/c1-29-10-12-30(13-11-29)16-17-6-8-18(9-7-17)23(32)28-31(19-4-2-3-5-19)22-20(24)15-26-21(14-25)27-22;5-3(6)1-2-4(7)8/h6-9,15,19H,2-5,10-13,16H2,1H3,(H,28,32);1-2H,(H,5,6)(H,7,8). The molecule has 4 rings (SSSR count). The summed E-state index contributed by atoms with van der Waals surface area (Å²) in [5.74, 6) is -2.11. The van der Waals surface area contributed by atoms with Crippen LogP contribution in [-0.4, -0.2) is 87.1 Å². The monoisotopic (exact) mass is 613 g/mol. The highest BCUT2D eigenvalue weighted by atomic mass is 79.9. The van der Waals surface area contributed by atoms with E-state index in [1.807, 2.05) is 30.3 Å². The predicted octanol–water partition coefficient (Wildman–Crippen LogP) is 2.66. The third kappa shape index (κ3) is 9.41. The van der Waals surface area contributed by atoms with Gasteiger partial charge in [0, 0.05) is 56.6 Å². The average molecular weight is 615 g/mol. The molecular formula is C27H32BrN7O5. The lowest BCUT2D eigenvalue weighted by molar-refractivity contribution is -0.134. The molecule has 1 aliphatic heterocycles. The number of piperazine rings is 1. The molecular weight excluding hydrogens is 582 g/mol. The van der Waals surface area contributed by atoms with Gasteiger partial charge in [0.25, 0.3) is 5.91 Å². The number of carboxylic acid groups (broad SMARTS) is 2. The molecule has 2 fully saturated rings. The Morgan fingerprint density at radius 3 is 2.25 bits per heavy atom. The molecule has 0 bridgehead atoms. The molecule has 2 aliphatic rings. The Hall–Kier alpha value is -3.86. The largest absolute Gasteiger partial charge is 0.478 e. The summed E-state index contributed by atoms with van der Waals surface area (Å²) in [5, 5.41) is 26.6. The first kappa shape index (κ1) is 30.7. The molecule has 0 spiro atoms. The number of carbonyl (C=O) groups excluding carboxylic acids is 1. The fourth-order valence-corrected chi connectivity index (χ4v) is 4.78. The second-order valence-corrected chi connectivity index (χ2v) is 10.4. The van der Waals surface area contributed by atoms with Gasteiger partial charge in [-0.2, -0.15) is 10.2 Å². The van der Waals surface area contributed by atoms with Crippen LogP contribution in [0.15, 0.2) is 47.1 Å². The Kier molecular flexibility index (Phi) is 11.6. The molecule has 0 radical (unpaired) electrons. The van der Waals surface area contributed by atoms with Crippen LogP contribution in [0.4, 0.5) is 5.82 Å². The number of benzene rings is 1. The fraction of sp³-hybridized carbons (Fsp3) is 0.407. The Bertz CT molecular complexity index is 1230. The molecule has 1 aliphatic carbocycles. The average Bonchev–Trinajstić information content (AvgIpc) is 3.48. The fourth-order valence-electron chi connectivity index (χ4n) is 4.40. The van der Waals surface area contributed by atoms with Gasteiger partial charge in [0.1, 0.15) is 6.07 Å². The number of aliphatic carboxylic acids is 2. The van der Waals surface area contributed by atoms with Crippen molar-refractivity contribution < 1.29 is 24.6 Å². The minimum absolute atomic E-state index is 0.0775. The number of hydrogen-bond acceptors (Lipinski definition) is 9. The van der Waals surface area contributed by atoms with Crippen LogP contribution < -0.4 is 10.4 Å². The predicted molar refractivity (Wildman–Crippen MR) is 150 cm³/mol. The number of anilines is 1. The van der Waals surface area contributed by atoms with Crippen molar-refractivity contribution in [2.45, 2.75) is 38.3 Å². The van der Waals surface area contributed by atoms with Crippen molar-refractivity contribution in [3.63, 3.8) is 0 Å².